The molecule has 6 heteroatoms. The maximum Gasteiger partial charge on any atom is 0.253 e. The second-order valence-corrected chi connectivity index (χ2v) is 7.50. The van der Waals surface area contributed by atoms with Gasteiger partial charge in [0, 0.05) is 24.7 Å². The maximum atomic E-state index is 12.7. The summed E-state index contributed by atoms with van der Waals surface area (Å²) < 4.78 is 12.5. The number of halogens is 1. The van der Waals surface area contributed by atoms with Crippen molar-refractivity contribution in [2.24, 2.45) is 0 Å². The van der Waals surface area contributed by atoms with Gasteiger partial charge in [-0.15, -0.1) is 0 Å². The van der Waals surface area contributed by atoms with Gasteiger partial charge in [0.2, 0.25) is 5.88 Å². The van der Waals surface area contributed by atoms with Crippen LogP contribution in [0.2, 0.25) is 0 Å². The fourth-order valence-corrected chi connectivity index (χ4v) is 3.39. The molecule has 1 fully saturated rings. The van der Waals surface area contributed by atoms with Crippen LogP contribution in [0.4, 0.5) is 0 Å². The van der Waals surface area contributed by atoms with E-state index in [-0.39, 0.29) is 12.0 Å². The summed E-state index contributed by atoms with van der Waals surface area (Å²) in [4.78, 5) is 18.8. The zero-order chi connectivity index (χ0) is 19.1. The molecule has 1 saturated heterocycles. The molecular formula is C21H25BrN2O3. The minimum absolute atomic E-state index is 0.0266. The van der Waals surface area contributed by atoms with Gasteiger partial charge in [0.25, 0.3) is 5.91 Å². The number of benzene rings is 1. The lowest BCUT2D eigenvalue weighted by molar-refractivity contribution is 0.0771. The molecule has 0 aliphatic carbocycles. The highest BCUT2D eigenvalue weighted by Gasteiger charge is 2.29. The van der Waals surface area contributed by atoms with Crippen molar-refractivity contribution < 1.29 is 14.3 Å². The Morgan fingerprint density at radius 2 is 2.07 bits per heavy atom. The lowest BCUT2D eigenvalue weighted by atomic mass is 10.2. The molecule has 1 aliphatic rings. The van der Waals surface area contributed by atoms with E-state index < -0.39 is 0 Å². The lowest BCUT2D eigenvalue weighted by Crippen LogP contribution is -2.31. The van der Waals surface area contributed by atoms with Crippen LogP contribution in [0.15, 0.2) is 47.1 Å². The van der Waals surface area contributed by atoms with Crippen LogP contribution < -0.4 is 9.47 Å². The number of hydrogen-bond acceptors (Lipinski definition) is 4. The number of hydrogen-bond donors (Lipinski definition) is 0. The first-order chi connectivity index (χ1) is 13.2. The van der Waals surface area contributed by atoms with E-state index >= 15 is 0 Å². The lowest BCUT2D eigenvalue weighted by Gasteiger charge is -2.17. The third kappa shape index (κ3) is 5.45. The van der Waals surface area contributed by atoms with Crippen LogP contribution >= 0.6 is 15.9 Å². The quantitative estimate of drug-likeness (QED) is 0.566. The molecule has 0 bridgehead atoms. The van der Waals surface area contributed by atoms with Gasteiger partial charge < -0.3 is 14.4 Å². The Labute approximate surface area is 168 Å². The van der Waals surface area contributed by atoms with Gasteiger partial charge in [-0.25, -0.2) is 4.98 Å². The Kier molecular flexibility index (Phi) is 7.10. The first kappa shape index (κ1) is 19.7. The third-order valence-corrected chi connectivity index (χ3v) is 5.16. The van der Waals surface area contributed by atoms with Gasteiger partial charge in [0.15, 0.2) is 0 Å². The molecule has 0 spiro atoms. The second-order valence-electron chi connectivity index (χ2n) is 6.65. The van der Waals surface area contributed by atoms with Crippen molar-refractivity contribution in [3.05, 3.63) is 52.6 Å². The standard InChI is InChI=1S/C21H25BrN2O3/c1-2-3-4-14-26-17-9-7-16(8-10-17)21(25)24-13-11-18(15-24)27-20-19(22)6-5-12-23-20/h5-10,12,18H,2-4,11,13-15H2,1H3. The summed E-state index contributed by atoms with van der Waals surface area (Å²) in [6, 6.07) is 11.1. The van der Waals surface area contributed by atoms with Crippen molar-refractivity contribution in [1.82, 2.24) is 9.88 Å². The predicted octanol–water partition coefficient (Wildman–Crippen LogP) is 4.71. The molecule has 2 aromatic rings. The van der Waals surface area contributed by atoms with Crippen LogP contribution in [0.3, 0.4) is 0 Å². The molecule has 1 aromatic carbocycles. The molecule has 0 radical (unpaired) electrons. The first-order valence-electron chi connectivity index (χ1n) is 9.46. The van der Waals surface area contributed by atoms with E-state index in [1.165, 1.54) is 12.8 Å². The zero-order valence-electron chi connectivity index (χ0n) is 15.6. The average Bonchev–Trinajstić information content (AvgIpc) is 3.16. The SMILES string of the molecule is CCCCCOc1ccc(C(=O)N2CCC(Oc3ncccc3Br)C2)cc1. The van der Waals surface area contributed by atoms with Crippen LogP contribution in [-0.4, -0.2) is 41.6 Å². The molecular weight excluding hydrogens is 408 g/mol. The topological polar surface area (TPSA) is 51.7 Å². The highest BCUT2D eigenvalue weighted by atomic mass is 79.9. The predicted molar refractivity (Wildman–Crippen MR) is 108 cm³/mol. The van der Waals surface area contributed by atoms with Gasteiger partial charge in [-0.05, 0) is 58.7 Å². The van der Waals surface area contributed by atoms with E-state index in [1.54, 1.807) is 6.20 Å². The number of amides is 1. The third-order valence-electron chi connectivity index (χ3n) is 4.55. The summed E-state index contributed by atoms with van der Waals surface area (Å²) in [6.07, 6.45) is 5.86. The molecule has 1 amide bonds. The van der Waals surface area contributed by atoms with Gasteiger partial charge in [-0.2, -0.15) is 0 Å². The fraction of sp³-hybridized carbons (Fsp3) is 0.429. The van der Waals surface area contributed by atoms with E-state index in [4.69, 9.17) is 9.47 Å². The van der Waals surface area contributed by atoms with E-state index in [0.717, 1.165) is 29.7 Å². The highest BCUT2D eigenvalue weighted by Crippen LogP contribution is 2.25. The fourth-order valence-electron chi connectivity index (χ4n) is 3.04. The molecule has 144 valence electrons. The van der Waals surface area contributed by atoms with Crippen LogP contribution in [0.25, 0.3) is 0 Å². The zero-order valence-corrected chi connectivity index (χ0v) is 17.2. The van der Waals surface area contributed by atoms with E-state index in [2.05, 4.69) is 27.8 Å². The van der Waals surface area contributed by atoms with Crippen LogP contribution in [0, 0.1) is 0 Å². The van der Waals surface area contributed by atoms with E-state index in [9.17, 15) is 4.79 Å². The Hall–Kier alpha value is -2.08. The number of ether oxygens (including phenoxy) is 2. The van der Waals surface area contributed by atoms with Crippen molar-refractivity contribution in [3.63, 3.8) is 0 Å². The van der Waals surface area contributed by atoms with Crippen molar-refractivity contribution >= 4 is 21.8 Å². The van der Waals surface area contributed by atoms with Gasteiger partial charge in [0.05, 0.1) is 17.6 Å². The van der Waals surface area contributed by atoms with Crippen molar-refractivity contribution in [1.29, 1.82) is 0 Å². The Balaban J connectivity index is 1.51. The molecule has 5 nitrogen and oxygen atoms in total. The number of carbonyl (C=O) groups excluding carboxylic acids is 1. The molecule has 27 heavy (non-hydrogen) atoms. The molecule has 1 unspecified atom stereocenters. The molecule has 3 rings (SSSR count). The van der Waals surface area contributed by atoms with E-state index in [0.29, 0.717) is 24.5 Å². The number of unbranched alkanes of at least 4 members (excludes halogenated alkanes) is 2. The summed E-state index contributed by atoms with van der Waals surface area (Å²) in [6.45, 7) is 4.14. The molecule has 1 atom stereocenters. The number of carbonyl (C=O) groups is 1. The summed E-state index contributed by atoms with van der Waals surface area (Å²) in [5.41, 5.74) is 0.676. The Bertz CT molecular complexity index is 751. The number of aromatic nitrogens is 1. The summed E-state index contributed by atoms with van der Waals surface area (Å²) in [5, 5.41) is 0. The van der Waals surface area contributed by atoms with Crippen LogP contribution in [0.5, 0.6) is 11.6 Å². The molecule has 1 aromatic heterocycles. The molecule has 2 heterocycles. The monoisotopic (exact) mass is 432 g/mol. The van der Waals surface area contributed by atoms with E-state index in [1.807, 2.05) is 41.3 Å². The minimum atomic E-state index is -0.0404. The molecule has 0 N–H and O–H groups in total. The Morgan fingerprint density at radius 1 is 1.26 bits per heavy atom. The van der Waals surface area contributed by atoms with Crippen LogP contribution in [-0.2, 0) is 0 Å². The van der Waals surface area contributed by atoms with Crippen LogP contribution in [0.1, 0.15) is 43.0 Å². The average molecular weight is 433 g/mol. The smallest absolute Gasteiger partial charge is 0.253 e. The first-order valence-corrected chi connectivity index (χ1v) is 10.3. The summed E-state index contributed by atoms with van der Waals surface area (Å²) >= 11 is 3.44. The van der Waals surface area contributed by atoms with Crippen molar-refractivity contribution in [2.75, 3.05) is 19.7 Å². The second kappa shape index (κ2) is 9.74. The maximum absolute atomic E-state index is 12.7. The number of pyridine rings is 1. The minimum Gasteiger partial charge on any atom is -0.494 e. The summed E-state index contributed by atoms with van der Waals surface area (Å²) in [5.74, 6) is 1.41. The number of nitrogens with zero attached hydrogens (tertiary/aromatic N) is 2. The summed E-state index contributed by atoms with van der Waals surface area (Å²) in [7, 11) is 0. The molecule has 1 aliphatic heterocycles. The van der Waals surface area contributed by atoms with Crippen molar-refractivity contribution in [3.8, 4) is 11.6 Å². The van der Waals surface area contributed by atoms with Gasteiger partial charge in [-0.1, -0.05) is 19.8 Å². The Morgan fingerprint density at radius 3 is 2.81 bits per heavy atom. The van der Waals surface area contributed by atoms with Gasteiger partial charge in [-0.3, -0.25) is 4.79 Å². The number of likely N-dealkylation sites (tertiary alicyclic amines) is 1. The van der Waals surface area contributed by atoms with Gasteiger partial charge in [0.1, 0.15) is 11.9 Å². The normalized spacial score (nSPS) is 16.4. The van der Waals surface area contributed by atoms with Crippen molar-refractivity contribution in [2.45, 2.75) is 38.7 Å². The highest BCUT2D eigenvalue weighted by molar-refractivity contribution is 9.10. The number of rotatable bonds is 8. The molecule has 0 saturated carbocycles. The van der Waals surface area contributed by atoms with Gasteiger partial charge >= 0.3 is 0 Å². The largest absolute Gasteiger partial charge is 0.494 e.